The molecule has 2 atom stereocenters. The molecule has 0 saturated carbocycles. The lowest BCUT2D eigenvalue weighted by Crippen LogP contribution is -3.10. The molecule has 1 aliphatic heterocycles. The Balaban J connectivity index is 0.000000396. The van der Waals surface area contributed by atoms with Crippen LogP contribution in [0, 0.1) is 5.92 Å². The Morgan fingerprint density at radius 3 is 2.15 bits per heavy atom. The molecule has 1 saturated heterocycles. The Bertz CT molecular complexity index is 357. The van der Waals surface area contributed by atoms with E-state index in [1.54, 1.807) is 0 Å². The summed E-state index contributed by atoms with van der Waals surface area (Å²) in [6.07, 6.45) is 7.13. The van der Waals surface area contributed by atoms with Crippen LogP contribution in [0.5, 0.6) is 0 Å². The Kier molecular flexibility index (Phi) is 8.69. The Labute approximate surface area is 119 Å². The van der Waals surface area contributed by atoms with Crippen molar-refractivity contribution in [2.45, 2.75) is 51.5 Å². The van der Waals surface area contributed by atoms with Crippen molar-refractivity contribution in [1.29, 1.82) is 0 Å². The Morgan fingerprint density at radius 2 is 1.80 bits per heavy atom. The third-order valence-corrected chi connectivity index (χ3v) is 4.05. The zero-order chi connectivity index (χ0) is 15.8. The van der Waals surface area contributed by atoms with Crippen molar-refractivity contribution >= 4 is 10.1 Å². The van der Waals surface area contributed by atoms with Gasteiger partial charge in [0.15, 0.2) is 10.1 Å². The second kappa shape index (κ2) is 8.84. The van der Waals surface area contributed by atoms with Crippen LogP contribution >= 0.6 is 0 Å². The van der Waals surface area contributed by atoms with Crippen LogP contribution in [0.15, 0.2) is 0 Å². The molecule has 0 radical (unpaired) electrons. The molecule has 0 aromatic carbocycles. The number of hydrogen-bond donors (Lipinski definition) is 1. The van der Waals surface area contributed by atoms with Gasteiger partial charge in [0, 0.05) is 12.3 Å². The van der Waals surface area contributed by atoms with E-state index >= 15 is 0 Å². The van der Waals surface area contributed by atoms with Crippen LogP contribution in [-0.2, 0) is 10.1 Å². The summed E-state index contributed by atoms with van der Waals surface area (Å²) in [7, 11) is -6.09. The molecule has 0 spiro atoms. The van der Waals surface area contributed by atoms with E-state index in [4.69, 9.17) is 13.0 Å². The highest BCUT2D eigenvalue weighted by atomic mass is 32.2. The lowest BCUT2D eigenvalue weighted by Gasteiger charge is -2.12. The molecule has 1 heterocycles. The third-order valence-electron chi connectivity index (χ3n) is 3.48. The first kappa shape index (κ1) is 19.7. The molecule has 4 nitrogen and oxygen atoms in total. The monoisotopic (exact) mass is 319 g/mol. The lowest BCUT2D eigenvalue weighted by molar-refractivity contribution is -0.889. The smallest absolute Gasteiger partial charge is 0.485 e. The maximum atomic E-state index is 10.7. The first-order valence-electron chi connectivity index (χ1n) is 6.97. The molecule has 0 aromatic heterocycles. The van der Waals surface area contributed by atoms with Crippen LogP contribution < -0.4 is 4.90 Å². The van der Waals surface area contributed by atoms with E-state index < -0.39 is 15.6 Å². The summed E-state index contributed by atoms with van der Waals surface area (Å²) < 4.78 is 58.9. The van der Waals surface area contributed by atoms with Crippen LogP contribution in [0.2, 0.25) is 0 Å². The summed E-state index contributed by atoms with van der Waals surface area (Å²) in [5.41, 5.74) is -5.65. The highest BCUT2D eigenvalue weighted by Crippen LogP contribution is 2.20. The zero-order valence-electron chi connectivity index (χ0n) is 12.0. The first-order valence-corrected chi connectivity index (χ1v) is 8.38. The van der Waals surface area contributed by atoms with Gasteiger partial charge in [0.05, 0.1) is 19.6 Å². The Hall–Kier alpha value is -0.340. The fourth-order valence-electron chi connectivity index (χ4n) is 2.22. The topological polar surface area (TPSA) is 61.6 Å². The van der Waals surface area contributed by atoms with Crippen molar-refractivity contribution in [3.63, 3.8) is 0 Å². The predicted octanol–water partition coefficient (Wildman–Crippen LogP) is 1.54. The van der Waals surface area contributed by atoms with E-state index in [1.807, 2.05) is 4.90 Å². The first-order chi connectivity index (χ1) is 9.11. The van der Waals surface area contributed by atoms with Gasteiger partial charge in [-0.25, -0.2) is 8.42 Å². The number of halogens is 3. The predicted molar refractivity (Wildman–Crippen MR) is 69.2 cm³/mol. The number of rotatable bonds is 5. The van der Waals surface area contributed by atoms with Crippen molar-refractivity contribution in [3.8, 4) is 0 Å². The second-order valence-electron chi connectivity index (χ2n) is 5.12. The van der Waals surface area contributed by atoms with Crippen LogP contribution in [0.4, 0.5) is 13.2 Å². The fourth-order valence-corrected chi connectivity index (χ4v) is 2.22. The maximum Gasteiger partial charge on any atom is 0.485 e. The largest absolute Gasteiger partial charge is 0.741 e. The van der Waals surface area contributed by atoms with E-state index in [0.717, 1.165) is 5.92 Å². The van der Waals surface area contributed by atoms with Gasteiger partial charge in [0.25, 0.3) is 0 Å². The fraction of sp³-hybridized carbons (Fsp3) is 1.00. The SMILES string of the molecule is CCCCC[NH+]1CCC(CC)C1.O=S(=O)([O-])C(F)(F)F. The van der Waals surface area contributed by atoms with Gasteiger partial charge < -0.3 is 9.45 Å². The number of alkyl halides is 3. The average molecular weight is 319 g/mol. The van der Waals surface area contributed by atoms with Gasteiger partial charge >= 0.3 is 5.51 Å². The summed E-state index contributed by atoms with van der Waals surface area (Å²) in [6.45, 7) is 8.96. The van der Waals surface area contributed by atoms with Gasteiger partial charge in [-0.05, 0) is 19.3 Å². The van der Waals surface area contributed by atoms with Crippen molar-refractivity contribution < 1.29 is 31.0 Å². The van der Waals surface area contributed by atoms with E-state index in [9.17, 15) is 13.2 Å². The van der Waals surface area contributed by atoms with Crippen LogP contribution in [0.1, 0.15) is 46.0 Å². The average Bonchev–Trinajstić information content (AvgIpc) is 2.75. The molecule has 1 fully saturated rings. The maximum absolute atomic E-state index is 10.7. The standard InChI is InChI=1S/C11H23N.CHF3O3S/c1-3-5-6-8-12-9-7-11(4-2)10-12;2-1(3,4)8(5,6)7/h11H,3-10H2,1-2H3;(H,5,6,7). The van der Waals surface area contributed by atoms with Crippen molar-refractivity contribution in [1.82, 2.24) is 0 Å². The number of hydrogen-bond acceptors (Lipinski definition) is 3. The van der Waals surface area contributed by atoms with Gasteiger partial charge in [-0.3, -0.25) is 0 Å². The number of quaternary nitrogens is 1. The van der Waals surface area contributed by atoms with Gasteiger partial charge in [-0.2, -0.15) is 13.2 Å². The van der Waals surface area contributed by atoms with Gasteiger partial charge in [0.2, 0.25) is 0 Å². The highest BCUT2D eigenvalue weighted by molar-refractivity contribution is 7.86. The molecule has 8 heteroatoms. The van der Waals surface area contributed by atoms with Crippen LogP contribution in [0.3, 0.4) is 0 Å². The molecule has 1 rings (SSSR count). The van der Waals surface area contributed by atoms with Gasteiger partial charge in [-0.1, -0.05) is 20.3 Å². The normalized spacial score (nSPS) is 23.3. The molecule has 0 bridgehead atoms. The number of nitrogens with one attached hydrogen (secondary N) is 1. The minimum atomic E-state index is -6.09. The van der Waals surface area contributed by atoms with Crippen LogP contribution in [-0.4, -0.2) is 38.1 Å². The Morgan fingerprint density at radius 1 is 1.25 bits per heavy atom. The van der Waals surface area contributed by atoms with Gasteiger partial charge in [-0.15, -0.1) is 0 Å². The van der Waals surface area contributed by atoms with Crippen molar-refractivity contribution in [3.05, 3.63) is 0 Å². The summed E-state index contributed by atoms with van der Waals surface area (Å²) in [6, 6.07) is 0. The zero-order valence-corrected chi connectivity index (χ0v) is 12.8. The molecule has 1 N–H and O–H groups in total. The number of likely N-dealkylation sites (tertiary alicyclic amines) is 1. The molecule has 0 aromatic rings. The molecule has 1 aliphatic rings. The second-order valence-corrected chi connectivity index (χ2v) is 6.50. The molecular weight excluding hydrogens is 295 g/mol. The van der Waals surface area contributed by atoms with Crippen molar-refractivity contribution in [2.24, 2.45) is 5.92 Å². The van der Waals surface area contributed by atoms with E-state index in [0.29, 0.717) is 0 Å². The summed E-state index contributed by atoms with van der Waals surface area (Å²) in [4.78, 5) is 1.87. The van der Waals surface area contributed by atoms with Crippen LogP contribution in [0.25, 0.3) is 0 Å². The van der Waals surface area contributed by atoms with E-state index in [2.05, 4.69) is 13.8 Å². The molecule has 0 aliphatic carbocycles. The third kappa shape index (κ3) is 8.06. The lowest BCUT2D eigenvalue weighted by atomic mass is 10.1. The molecule has 2 unspecified atom stereocenters. The minimum absolute atomic E-state index is 1.04. The molecule has 0 amide bonds. The summed E-state index contributed by atoms with van der Waals surface area (Å²) in [5, 5.41) is 0. The number of unbranched alkanes of at least 4 members (excludes halogenated alkanes) is 2. The minimum Gasteiger partial charge on any atom is -0.741 e. The van der Waals surface area contributed by atoms with E-state index in [1.165, 1.54) is 51.7 Å². The van der Waals surface area contributed by atoms with Crippen molar-refractivity contribution in [2.75, 3.05) is 19.6 Å². The highest BCUT2D eigenvalue weighted by Gasteiger charge is 2.36. The quantitative estimate of drug-likeness (QED) is 0.475. The molecular formula is C12H24F3NO3S. The summed E-state index contributed by atoms with van der Waals surface area (Å²) >= 11 is 0. The molecule has 122 valence electrons. The molecule has 20 heavy (non-hydrogen) atoms. The van der Waals surface area contributed by atoms with Gasteiger partial charge in [0.1, 0.15) is 0 Å². The van der Waals surface area contributed by atoms with E-state index in [-0.39, 0.29) is 0 Å². The summed E-state index contributed by atoms with van der Waals surface area (Å²) in [5.74, 6) is 1.04.